The number of aryl methyl sites for hydroxylation is 2. The molecule has 1 rings (SSSR count). The maximum Gasteiger partial charge on any atom is 0.221 e. The molecule has 0 saturated carbocycles. The lowest BCUT2D eigenvalue weighted by molar-refractivity contribution is -0.121. The van der Waals surface area contributed by atoms with Crippen LogP contribution in [0.1, 0.15) is 12.1 Å². The minimum absolute atomic E-state index is 0.0119. The fourth-order valence-electron chi connectivity index (χ4n) is 1.33. The van der Waals surface area contributed by atoms with Gasteiger partial charge in [-0.15, -0.1) is 0 Å². The zero-order valence-electron chi connectivity index (χ0n) is 9.58. The number of aromatic amines is 1. The Labute approximate surface area is 99.8 Å². The SMILES string of the molecule is COCCNC(=O)CCn1cc(C)[nH]c1=S. The summed E-state index contributed by atoms with van der Waals surface area (Å²) in [6.45, 7) is 3.62. The summed E-state index contributed by atoms with van der Waals surface area (Å²) < 4.78 is 7.35. The second-order valence-corrected chi connectivity index (χ2v) is 3.92. The zero-order chi connectivity index (χ0) is 12.0. The monoisotopic (exact) mass is 243 g/mol. The number of aromatic nitrogens is 2. The number of carbonyl (C=O) groups excluding carboxylic acids is 1. The summed E-state index contributed by atoms with van der Waals surface area (Å²) in [6, 6.07) is 0. The third-order valence-corrected chi connectivity index (χ3v) is 2.46. The number of ether oxygens (including phenoxy) is 1. The first-order chi connectivity index (χ1) is 7.63. The quantitative estimate of drug-likeness (QED) is 0.579. The third-order valence-electron chi connectivity index (χ3n) is 2.12. The molecule has 0 aliphatic rings. The minimum Gasteiger partial charge on any atom is -0.383 e. The van der Waals surface area contributed by atoms with E-state index in [0.717, 1.165) is 5.69 Å². The second kappa shape index (κ2) is 6.44. The molecule has 0 saturated heterocycles. The van der Waals surface area contributed by atoms with Crippen LogP contribution in [0, 0.1) is 11.7 Å². The molecule has 0 radical (unpaired) electrons. The number of H-pyrrole nitrogens is 1. The Morgan fingerprint density at radius 2 is 2.44 bits per heavy atom. The van der Waals surface area contributed by atoms with Gasteiger partial charge in [-0.05, 0) is 19.1 Å². The van der Waals surface area contributed by atoms with Crippen molar-refractivity contribution in [3.8, 4) is 0 Å². The van der Waals surface area contributed by atoms with Crippen LogP contribution >= 0.6 is 12.2 Å². The smallest absolute Gasteiger partial charge is 0.221 e. The lowest BCUT2D eigenvalue weighted by atomic mass is 10.4. The zero-order valence-corrected chi connectivity index (χ0v) is 10.4. The Morgan fingerprint density at radius 1 is 1.69 bits per heavy atom. The molecule has 0 bridgehead atoms. The van der Waals surface area contributed by atoms with E-state index in [2.05, 4.69) is 10.3 Å². The standard InChI is InChI=1S/C10H17N3O2S/c1-8-7-13(10(16)12-8)5-3-9(14)11-4-6-15-2/h7H,3-6H2,1-2H3,(H,11,14)(H,12,16). The second-order valence-electron chi connectivity index (χ2n) is 3.53. The van der Waals surface area contributed by atoms with Crippen LogP contribution < -0.4 is 5.32 Å². The van der Waals surface area contributed by atoms with E-state index < -0.39 is 0 Å². The molecule has 1 aromatic heterocycles. The average Bonchev–Trinajstić information content (AvgIpc) is 2.55. The molecule has 1 heterocycles. The molecule has 2 N–H and O–H groups in total. The maximum atomic E-state index is 11.4. The van der Waals surface area contributed by atoms with Gasteiger partial charge in [-0.25, -0.2) is 0 Å². The first-order valence-electron chi connectivity index (χ1n) is 5.15. The molecule has 1 amide bonds. The van der Waals surface area contributed by atoms with Crippen molar-refractivity contribution in [2.45, 2.75) is 19.9 Å². The Morgan fingerprint density at radius 3 is 3.00 bits per heavy atom. The fraction of sp³-hybridized carbons (Fsp3) is 0.600. The average molecular weight is 243 g/mol. The van der Waals surface area contributed by atoms with E-state index in [9.17, 15) is 4.79 Å². The van der Waals surface area contributed by atoms with Crippen molar-refractivity contribution in [2.24, 2.45) is 0 Å². The molecule has 0 atom stereocenters. The number of imidazole rings is 1. The molecule has 16 heavy (non-hydrogen) atoms. The molecular weight excluding hydrogens is 226 g/mol. The van der Waals surface area contributed by atoms with Crippen molar-refractivity contribution in [3.05, 3.63) is 16.7 Å². The largest absolute Gasteiger partial charge is 0.383 e. The molecule has 5 nitrogen and oxygen atoms in total. The van der Waals surface area contributed by atoms with Crippen LogP contribution in [0.5, 0.6) is 0 Å². The van der Waals surface area contributed by atoms with Crippen LogP contribution in [0.25, 0.3) is 0 Å². The van der Waals surface area contributed by atoms with Crippen molar-refractivity contribution >= 4 is 18.1 Å². The highest BCUT2D eigenvalue weighted by Crippen LogP contribution is 1.98. The van der Waals surface area contributed by atoms with Gasteiger partial charge in [-0.3, -0.25) is 4.79 Å². The molecular formula is C10H17N3O2S. The number of nitrogens with zero attached hydrogens (tertiary/aromatic N) is 1. The van der Waals surface area contributed by atoms with Gasteiger partial charge in [0.05, 0.1) is 6.61 Å². The summed E-state index contributed by atoms with van der Waals surface area (Å²) >= 11 is 5.09. The van der Waals surface area contributed by atoms with Crippen LogP contribution in [-0.2, 0) is 16.1 Å². The highest BCUT2D eigenvalue weighted by molar-refractivity contribution is 7.71. The Bertz CT molecular complexity index is 397. The summed E-state index contributed by atoms with van der Waals surface area (Å²) in [6.07, 6.45) is 2.33. The predicted octanol–water partition coefficient (Wildman–Crippen LogP) is 1.01. The molecule has 0 aliphatic carbocycles. The molecule has 0 aromatic carbocycles. The summed E-state index contributed by atoms with van der Waals surface area (Å²) in [5.74, 6) is 0.0119. The molecule has 0 fully saturated rings. The topological polar surface area (TPSA) is 59.0 Å². The van der Waals surface area contributed by atoms with E-state index in [1.165, 1.54) is 0 Å². The predicted molar refractivity (Wildman–Crippen MR) is 63.9 cm³/mol. The third kappa shape index (κ3) is 4.16. The Hall–Kier alpha value is -1.14. The number of hydrogen-bond acceptors (Lipinski definition) is 3. The number of amides is 1. The highest BCUT2D eigenvalue weighted by atomic mass is 32.1. The summed E-state index contributed by atoms with van der Waals surface area (Å²) in [5, 5.41) is 2.76. The van der Waals surface area contributed by atoms with Crippen LogP contribution in [0.3, 0.4) is 0 Å². The van der Waals surface area contributed by atoms with Gasteiger partial charge < -0.3 is 19.6 Å². The van der Waals surface area contributed by atoms with Gasteiger partial charge in [-0.2, -0.15) is 0 Å². The molecule has 1 aromatic rings. The number of methoxy groups -OCH3 is 1. The first-order valence-corrected chi connectivity index (χ1v) is 5.56. The molecule has 6 heteroatoms. The summed E-state index contributed by atoms with van der Waals surface area (Å²) in [7, 11) is 1.61. The number of rotatable bonds is 6. The lowest BCUT2D eigenvalue weighted by Gasteiger charge is -2.04. The number of carbonyl (C=O) groups is 1. The lowest BCUT2D eigenvalue weighted by Crippen LogP contribution is -2.27. The van der Waals surface area contributed by atoms with Gasteiger partial charge in [0.1, 0.15) is 0 Å². The van der Waals surface area contributed by atoms with Gasteiger partial charge in [0, 0.05) is 38.5 Å². The van der Waals surface area contributed by atoms with E-state index in [1.54, 1.807) is 7.11 Å². The normalized spacial score (nSPS) is 10.4. The van der Waals surface area contributed by atoms with Gasteiger partial charge in [0.15, 0.2) is 4.77 Å². The van der Waals surface area contributed by atoms with Crippen LogP contribution in [-0.4, -0.2) is 35.7 Å². The van der Waals surface area contributed by atoms with E-state index in [4.69, 9.17) is 17.0 Å². The van der Waals surface area contributed by atoms with Crippen molar-refractivity contribution < 1.29 is 9.53 Å². The molecule has 0 aliphatic heterocycles. The molecule has 0 spiro atoms. The fourth-order valence-corrected chi connectivity index (χ4v) is 1.64. The highest BCUT2D eigenvalue weighted by Gasteiger charge is 2.02. The Balaban J connectivity index is 2.31. The van der Waals surface area contributed by atoms with E-state index in [0.29, 0.717) is 30.9 Å². The van der Waals surface area contributed by atoms with E-state index >= 15 is 0 Å². The van der Waals surface area contributed by atoms with Gasteiger partial charge in [-0.1, -0.05) is 0 Å². The summed E-state index contributed by atoms with van der Waals surface area (Å²) in [5.41, 5.74) is 1.00. The summed E-state index contributed by atoms with van der Waals surface area (Å²) in [4.78, 5) is 14.4. The molecule has 0 unspecified atom stereocenters. The van der Waals surface area contributed by atoms with Crippen LogP contribution in [0.15, 0.2) is 6.20 Å². The van der Waals surface area contributed by atoms with E-state index in [-0.39, 0.29) is 5.91 Å². The minimum atomic E-state index is 0.0119. The van der Waals surface area contributed by atoms with E-state index in [1.807, 2.05) is 17.7 Å². The maximum absolute atomic E-state index is 11.4. The van der Waals surface area contributed by atoms with Gasteiger partial charge in [0.2, 0.25) is 5.91 Å². The first kappa shape index (κ1) is 12.9. The molecule has 90 valence electrons. The van der Waals surface area contributed by atoms with Crippen molar-refractivity contribution in [1.29, 1.82) is 0 Å². The number of nitrogens with one attached hydrogen (secondary N) is 2. The van der Waals surface area contributed by atoms with Crippen molar-refractivity contribution in [1.82, 2.24) is 14.9 Å². The van der Waals surface area contributed by atoms with Gasteiger partial charge in [0.25, 0.3) is 0 Å². The Kier molecular flexibility index (Phi) is 5.21. The van der Waals surface area contributed by atoms with Gasteiger partial charge >= 0.3 is 0 Å². The van der Waals surface area contributed by atoms with Crippen LogP contribution in [0.4, 0.5) is 0 Å². The number of hydrogen-bond donors (Lipinski definition) is 2. The van der Waals surface area contributed by atoms with Crippen molar-refractivity contribution in [3.63, 3.8) is 0 Å². The van der Waals surface area contributed by atoms with Crippen LogP contribution in [0.2, 0.25) is 0 Å². The van der Waals surface area contributed by atoms with Crippen molar-refractivity contribution in [2.75, 3.05) is 20.3 Å².